The molecule has 0 unspecified atom stereocenters. The number of nitrogens with zero attached hydrogens (tertiary/aromatic N) is 2. The lowest BCUT2D eigenvalue weighted by molar-refractivity contribution is 0.325. The molecule has 4 nitrogen and oxygen atoms in total. The average Bonchev–Trinajstić information content (AvgIpc) is 2.90. The van der Waals surface area contributed by atoms with Crippen molar-refractivity contribution >= 4 is 5.69 Å². The Bertz CT molecular complexity index is 648. The Morgan fingerprint density at radius 2 is 1.77 bits per heavy atom. The summed E-state index contributed by atoms with van der Waals surface area (Å²) in [7, 11) is 0. The molecule has 0 spiro atoms. The van der Waals surface area contributed by atoms with Crippen molar-refractivity contribution in [3.8, 4) is 5.69 Å². The molecular weight excluding hydrogens is 274 g/mol. The van der Waals surface area contributed by atoms with E-state index in [9.17, 15) is 4.79 Å². The number of anilines is 1. The number of hydrogen-bond acceptors (Lipinski definition) is 2. The van der Waals surface area contributed by atoms with Crippen molar-refractivity contribution in [2.75, 3.05) is 5.73 Å². The molecule has 22 heavy (non-hydrogen) atoms. The average molecular weight is 299 g/mol. The summed E-state index contributed by atoms with van der Waals surface area (Å²) in [4.78, 5) is 12.4. The van der Waals surface area contributed by atoms with Crippen molar-refractivity contribution in [1.82, 2.24) is 9.13 Å². The monoisotopic (exact) mass is 299 g/mol. The van der Waals surface area contributed by atoms with E-state index in [0.29, 0.717) is 5.69 Å². The maximum absolute atomic E-state index is 12.4. The summed E-state index contributed by atoms with van der Waals surface area (Å²) in [5, 5.41) is 0. The van der Waals surface area contributed by atoms with E-state index in [2.05, 4.69) is 0 Å². The van der Waals surface area contributed by atoms with Crippen LogP contribution in [0, 0.1) is 5.92 Å². The number of aryl methyl sites for hydroxylation is 1. The van der Waals surface area contributed by atoms with Gasteiger partial charge in [0.25, 0.3) is 0 Å². The predicted octanol–water partition coefficient (Wildman–Crippen LogP) is 3.58. The molecule has 1 aliphatic rings. The second-order valence-corrected chi connectivity index (χ2v) is 6.38. The summed E-state index contributed by atoms with van der Waals surface area (Å²) in [5.41, 5.74) is 7.31. The number of nitrogens with two attached hydrogens (primary N) is 1. The number of imidazole rings is 1. The zero-order valence-corrected chi connectivity index (χ0v) is 13.1. The standard InChI is InChI=1S/C18H25N3O/c19-16-8-10-17(11-9-16)21-14-13-20(18(21)22)12-4-7-15-5-2-1-3-6-15/h8-11,13-15H,1-7,12,19H2. The number of hydrogen-bond donors (Lipinski definition) is 1. The molecule has 0 amide bonds. The first kappa shape index (κ1) is 14.9. The molecule has 0 bridgehead atoms. The molecule has 2 N–H and O–H groups in total. The fourth-order valence-corrected chi connectivity index (χ4v) is 3.44. The third-order valence-electron chi connectivity index (χ3n) is 4.75. The SMILES string of the molecule is Nc1ccc(-n2ccn(CCCC3CCCCC3)c2=O)cc1. The van der Waals surface area contributed by atoms with Crippen LogP contribution in [0.25, 0.3) is 5.69 Å². The summed E-state index contributed by atoms with van der Waals surface area (Å²) in [6.07, 6.45) is 13.0. The van der Waals surface area contributed by atoms with E-state index >= 15 is 0 Å². The minimum Gasteiger partial charge on any atom is -0.399 e. The van der Waals surface area contributed by atoms with Gasteiger partial charge in [0.1, 0.15) is 0 Å². The number of rotatable bonds is 5. The highest BCUT2D eigenvalue weighted by atomic mass is 16.1. The fraction of sp³-hybridized carbons (Fsp3) is 0.500. The maximum atomic E-state index is 12.4. The minimum atomic E-state index is 0.0356. The van der Waals surface area contributed by atoms with E-state index in [1.165, 1.54) is 38.5 Å². The van der Waals surface area contributed by atoms with Gasteiger partial charge in [0, 0.05) is 24.6 Å². The van der Waals surface area contributed by atoms with Crippen LogP contribution in [0.15, 0.2) is 41.5 Å². The molecule has 0 aliphatic heterocycles. The van der Waals surface area contributed by atoms with E-state index in [-0.39, 0.29) is 5.69 Å². The zero-order valence-electron chi connectivity index (χ0n) is 13.1. The van der Waals surface area contributed by atoms with Gasteiger partial charge in [0.2, 0.25) is 0 Å². The largest absolute Gasteiger partial charge is 0.399 e. The van der Waals surface area contributed by atoms with Gasteiger partial charge in [-0.05, 0) is 43.0 Å². The Kier molecular flexibility index (Phi) is 4.66. The number of aromatic nitrogens is 2. The van der Waals surface area contributed by atoms with Gasteiger partial charge in [-0.3, -0.25) is 9.13 Å². The van der Waals surface area contributed by atoms with Gasteiger partial charge in [-0.25, -0.2) is 4.79 Å². The van der Waals surface area contributed by atoms with Crippen LogP contribution in [-0.2, 0) is 6.54 Å². The zero-order chi connectivity index (χ0) is 15.4. The van der Waals surface area contributed by atoms with Gasteiger partial charge in [-0.15, -0.1) is 0 Å². The van der Waals surface area contributed by atoms with Crippen LogP contribution >= 0.6 is 0 Å². The van der Waals surface area contributed by atoms with Gasteiger partial charge in [-0.1, -0.05) is 32.1 Å². The van der Waals surface area contributed by atoms with Crippen LogP contribution < -0.4 is 11.4 Å². The van der Waals surface area contributed by atoms with Crippen molar-refractivity contribution in [3.05, 3.63) is 47.1 Å². The van der Waals surface area contributed by atoms with Gasteiger partial charge in [0.05, 0.1) is 5.69 Å². The van der Waals surface area contributed by atoms with Crippen LogP contribution in [-0.4, -0.2) is 9.13 Å². The van der Waals surface area contributed by atoms with E-state index in [1.54, 1.807) is 4.57 Å². The molecule has 1 aliphatic carbocycles. The van der Waals surface area contributed by atoms with E-state index in [0.717, 1.165) is 24.6 Å². The summed E-state index contributed by atoms with van der Waals surface area (Å²) >= 11 is 0. The van der Waals surface area contributed by atoms with Gasteiger partial charge >= 0.3 is 5.69 Å². The molecule has 1 aromatic carbocycles. The predicted molar refractivity (Wildman–Crippen MR) is 90.3 cm³/mol. The molecule has 4 heteroatoms. The minimum absolute atomic E-state index is 0.0356. The molecule has 1 heterocycles. The molecule has 2 aromatic rings. The van der Waals surface area contributed by atoms with Crippen molar-refractivity contribution in [1.29, 1.82) is 0 Å². The third-order valence-corrected chi connectivity index (χ3v) is 4.75. The van der Waals surface area contributed by atoms with Crippen molar-refractivity contribution in [2.45, 2.75) is 51.5 Å². The van der Waals surface area contributed by atoms with Crippen LogP contribution in [0.4, 0.5) is 5.69 Å². The Morgan fingerprint density at radius 1 is 1.05 bits per heavy atom. The third kappa shape index (κ3) is 3.43. The highest BCUT2D eigenvalue weighted by Gasteiger charge is 2.13. The molecule has 0 radical (unpaired) electrons. The Labute approximate surface area is 131 Å². The van der Waals surface area contributed by atoms with Crippen molar-refractivity contribution in [3.63, 3.8) is 0 Å². The molecule has 118 valence electrons. The molecular formula is C18H25N3O. The molecule has 0 atom stereocenters. The first-order valence-electron chi connectivity index (χ1n) is 8.38. The second-order valence-electron chi connectivity index (χ2n) is 6.38. The van der Waals surface area contributed by atoms with E-state index < -0.39 is 0 Å². The van der Waals surface area contributed by atoms with Crippen molar-refractivity contribution in [2.24, 2.45) is 5.92 Å². The second kappa shape index (κ2) is 6.86. The van der Waals surface area contributed by atoms with Gasteiger partial charge in [0.15, 0.2) is 0 Å². The lowest BCUT2D eigenvalue weighted by atomic mass is 9.86. The maximum Gasteiger partial charge on any atom is 0.332 e. The summed E-state index contributed by atoms with van der Waals surface area (Å²) in [6.45, 7) is 0.817. The summed E-state index contributed by atoms with van der Waals surface area (Å²) in [6, 6.07) is 7.40. The van der Waals surface area contributed by atoms with Crippen LogP contribution in [0.1, 0.15) is 44.9 Å². The Hall–Kier alpha value is -1.97. The van der Waals surface area contributed by atoms with Crippen LogP contribution in [0.2, 0.25) is 0 Å². The fourth-order valence-electron chi connectivity index (χ4n) is 3.44. The molecule has 3 rings (SSSR count). The Balaban J connectivity index is 1.61. The van der Waals surface area contributed by atoms with Gasteiger partial charge < -0.3 is 5.73 Å². The first-order chi connectivity index (χ1) is 10.7. The van der Waals surface area contributed by atoms with Crippen LogP contribution in [0.5, 0.6) is 0 Å². The number of benzene rings is 1. The molecule has 1 saturated carbocycles. The molecule has 1 fully saturated rings. The Morgan fingerprint density at radius 3 is 2.50 bits per heavy atom. The molecule has 1 aromatic heterocycles. The quantitative estimate of drug-likeness (QED) is 0.858. The highest BCUT2D eigenvalue weighted by molar-refractivity contribution is 5.44. The van der Waals surface area contributed by atoms with Crippen LogP contribution in [0.3, 0.4) is 0 Å². The highest BCUT2D eigenvalue weighted by Crippen LogP contribution is 2.27. The number of nitrogen functional groups attached to an aromatic ring is 1. The first-order valence-corrected chi connectivity index (χ1v) is 8.38. The normalized spacial score (nSPS) is 16.0. The van der Waals surface area contributed by atoms with E-state index in [4.69, 9.17) is 5.73 Å². The van der Waals surface area contributed by atoms with Gasteiger partial charge in [-0.2, -0.15) is 0 Å². The summed E-state index contributed by atoms with van der Waals surface area (Å²) in [5.74, 6) is 0.878. The topological polar surface area (TPSA) is 52.9 Å². The molecule has 0 saturated heterocycles. The lowest BCUT2D eigenvalue weighted by Crippen LogP contribution is -2.23. The van der Waals surface area contributed by atoms with Crippen molar-refractivity contribution < 1.29 is 0 Å². The van der Waals surface area contributed by atoms with E-state index in [1.807, 2.05) is 41.2 Å². The smallest absolute Gasteiger partial charge is 0.332 e. The lowest BCUT2D eigenvalue weighted by Gasteiger charge is -2.21. The summed E-state index contributed by atoms with van der Waals surface area (Å²) < 4.78 is 3.50.